The summed E-state index contributed by atoms with van der Waals surface area (Å²) in [6.07, 6.45) is 3.20. The van der Waals surface area contributed by atoms with Crippen molar-refractivity contribution in [1.29, 1.82) is 0 Å². The average Bonchev–Trinajstić information content (AvgIpc) is 3.33. The number of oxazole rings is 1. The van der Waals surface area contributed by atoms with E-state index in [9.17, 15) is 4.79 Å². The molecule has 0 saturated heterocycles. The van der Waals surface area contributed by atoms with Crippen LogP contribution in [0, 0.1) is 0 Å². The first-order valence-corrected chi connectivity index (χ1v) is 8.87. The first-order chi connectivity index (χ1) is 13.1. The fourth-order valence-electron chi connectivity index (χ4n) is 3.18. The van der Waals surface area contributed by atoms with E-state index in [1.54, 1.807) is 15.6 Å². The number of hydrogen-bond donors (Lipinski definition) is 0. The van der Waals surface area contributed by atoms with E-state index >= 15 is 0 Å². The lowest BCUT2D eigenvalue weighted by atomic mass is 10.1. The van der Waals surface area contributed by atoms with Gasteiger partial charge in [0.2, 0.25) is 0 Å². The Labute approximate surface area is 156 Å². The Balaban J connectivity index is 1.45. The summed E-state index contributed by atoms with van der Waals surface area (Å²) in [7, 11) is 2.06. The van der Waals surface area contributed by atoms with E-state index in [1.807, 2.05) is 36.4 Å². The van der Waals surface area contributed by atoms with Crippen LogP contribution in [0.25, 0.3) is 16.8 Å². The van der Waals surface area contributed by atoms with E-state index in [4.69, 9.17) is 4.42 Å². The first-order valence-electron chi connectivity index (χ1n) is 8.87. The Hall–Kier alpha value is -3.19. The molecule has 0 N–H and O–H groups in total. The van der Waals surface area contributed by atoms with Crippen LogP contribution in [0.4, 0.5) is 0 Å². The minimum Gasteiger partial charge on any atom is -0.408 e. The second-order valence-corrected chi connectivity index (χ2v) is 6.58. The molecule has 0 aliphatic heterocycles. The maximum atomic E-state index is 12.1. The molecule has 0 spiro atoms. The zero-order valence-corrected chi connectivity index (χ0v) is 15.3. The molecule has 7 nitrogen and oxygen atoms in total. The lowest BCUT2D eigenvalue weighted by Gasteiger charge is -2.25. The molecule has 2 heterocycles. The van der Waals surface area contributed by atoms with Crippen LogP contribution in [0.2, 0.25) is 0 Å². The Kier molecular flexibility index (Phi) is 4.60. The van der Waals surface area contributed by atoms with E-state index < -0.39 is 0 Å². The van der Waals surface area contributed by atoms with Crippen LogP contribution in [0.3, 0.4) is 0 Å². The molecule has 1 unspecified atom stereocenters. The van der Waals surface area contributed by atoms with E-state index in [0.29, 0.717) is 12.1 Å². The third kappa shape index (κ3) is 3.41. The maximum absolute atomic E-state index is 12.1. The molecule has 4 rings (SSSR count). The lowest BCUT2D eigenvalue weighted by molar-refractivity contribution is 0.249. The Morgan fingerprint density at radius 3 is 2.67 bits per heavy atom. The molecule has 0 aliphatic carbocycles. The fraction of sp³-hybridized carbons (Fsp3) is 0.250. The van der Waals surface area contributed by atoms with Gasteiger partial charge in [-0.15, -0.1) is 0 Å². The van der Waals surface area contributed by atoms with Gasteiger partial charge in [-0.3, -0.25) is 9.47 Å². The molecule has 138 valence electrons. The van der Waals surface area contributed by atoms with Gasteiger partial charge in [0.15, 0.2) is 5.58 Å². The fourth-order valence-corrected chi connectivity index (χ4v) is 3.18. The molecule has 2 aromatic heterocycles. The van der Waals surface area contributed by atoms with Crippen molar-refractivity contribution in [2.45, 2.75) is 19.5 Å². The molecule has 0 radical (unpaired) electrons. The molecular formula is C20H21N5O2. The number of para-hydroxylation sites is 2. The maximum Gasteiger partial charge on any atom is 0.419 e. The van der Waals surface area contributed by atoms with Gasteiger partial charge in [0.25, 0.3) is 0 Å². The molecule has 0 bridgehead atoms. The highest BCUT2D eigenvalue weighted by Crippen LogP contribution is 2.20. The third-order valence-corrected chi connectivity index (χ3v) is 4.97. The molecule has 0 saturated carbocycles. The molecule has 1 atom stereocenters. The van der Waals surface area contributed by atoms with Crippen LogP contribution >= 0.6 is 0 Å². The van der Waals surface area contributed by atoms with Crippen molar-refractivity contribution >= 4 is 11.1 Å². The minimum absolute atomic E-state index is 0.212. The summed E-state index contributed by atoms with van der Waals surface area (Å²) in [5.41, 5.74) is 3.64. The monoisotopic (exact) mass is 363 g/mol. The molecule has 2 aromatic carbocycles. The highest BCUT2D eigenvalue weighted by molar-refractivity contribution is 5.72. The predicted molar refractivity (Wildman–Crippen MR) is 103 cm³/mol. The number of benzene rings is 2. The summed E-state index contributed by atoms with van der Waals surface area (Å²) in [5.74, 6) is -0.311. The summed E-state index contributed by atoms with van der Waals surface area (Å²) in [5, 5.41) is 4.14. The zero-order chi connectivity index (χ0) is 18.8. The third-order valence-electron chi connectivity index (χ3n) is 4.97. The summed E-state index contributed by atoms with van der Waals surface area (Å²) in [6, 6.07) is 16.0. The van der Waals surface area contributed by atoms with Gasteiger partial charge in [0.1, 0.15) is 12.7 Å². The smallest absolute Gasteiger partial charge is 0.408 e. The van der Waals surface area contributed by atoms with E-state index in [-0.39, 0.29) is 11.8 Å². The largest absolute Gasteiger partial charge is 0.419 e. The first kappa shape index (κ1) is 17.2. The predicted octanol–water partition coefficient (Wildman–Crippen LogP) is 2.87. The molecular weight excluding hydrogens is 342 g/mol. The van der Waals surface area contributed by atoms with Crippen LogP contribution in [0.5, 0.6) is 0 Å². The molecule has 0 amide bonds. The van der Waals surface area contributed by atoms with Crippen molar-refractivity contribution in [2.75, 3.05) is 13.6 Å². The van der Waals surface area contributed by atoms with Crippen molar-refractivity contribution in [2.24, 2.45) is 0 Å². The normalized spacial score (nSPS) is 12.7. The van der Waals surface area contributed by atoms with Gasteiger partial charge in [0, 0.05) is 19.1 Å². The summed E-state index contributed by atoms with van der Waals surface area (Å²) >= 11 is 0. The van der Waals surface area contributed by atoms with Gasteiger partial charge in [0.05, 0.1) is 11.2 Å². The Morgan fingerprint density at radius 2 is 1.93 bits per heavy atom. The van der Waals surface area contributed by atoms with Gasteiger partial charge in [-0.1, -0.05) is 24.3 Å². The van der Waals surface area contributed by atoms with Gasteiger partial charge < -0.3 is 4.42 Å². The number of hydrogen-bond acceptors (Lipinski definition) is 5. The quantitative estimate of drug-likeness (QED) is 0.527. The molecule has 4 aromatic rings. The second-order valence-electron chi connectivity index (χ2n) is 6.58. The van der Waals surface area contributed by atoms with Crippen LogP contribution in [0.1, 0.15) is 18.5 Å². The second kappa shape index (κ2) is 7.20. The van der Waals surface area contributed by atoms with E-state index in [2.05, 4.69) is 41.1 Å². The summed E-state index contributed by atoms with van der Waals surface area (Å²) in [6.45, 7) is 3.46. The van der Waals surface area contributed by atoms with Crippen molar-refractivity contribution in [3.63, 3.8) is 0 Å². The molecule has 0 fully saturated rings. The van der Waals surface area contributed by atoms with Crippen molar-refractivity contribution in [3.05, 3.63) is 77.3 Å². The molecule has 7 heteroatoms. The lowest BCUT2D eigenvalue weighted by Crippen LogP contribution is -2.29. The number of likely N-dealkylation sites (N-methyl/N-ethyl adjacent to an activating group) is 1. The number of aromatic nitrogens is 4. The highest BCUT2D eigenvalue weighted by atomic mass is 16.4. The molecule has 27 heavy (non-hydrogen) atoms. The van der Waals surface area contributed by atoms with Gasteiger partial charge in [-0.05, 0) is 43.8 Å². The van der Waals surface area contributed by atoms with E-state index in [0.717, 1.165) is 17.7 Å². The Bertz CT molecular complexity index is 1080. The van der Waals surface area contributed by atoms with Gasteiger partial charge in [-0.2, -0.15) is 5.10 Å². The van der Waals surface area contributed by atoms with Gasteiger partial charge >= 0.3 is 5.76 Å². The Morgan fingerprint density at radius 1 is 1.15 bits per heavy atom. The number of rotatable bonds is 6. The van der Waals surface area contributed by atoms with Crippen LogP contribution in [0.15, 0.2) is 70.4 Å². The summed E-state index contributed by atoms with van der Waals surface area (Å²) in [4.78, 5) is 18.3. The number of fused-ring (bicyclic) bond motifs is 1. The highest BCUT2D eigenvalue weighted by Gasteiger charge is 2.14. The van der Waals surface area contributed by atoms with Crippen LogP contribution in [-0.4, -0.2) is 37.8 Å². The topological polar surface area (TPSA) is 69.1 Å². The van der Waals surface area contributed by atoms with Crippen molar-refractivity contribution in [3.8, 4) is 5.69 Å². The van der Waals surface area contributed by atoms with Crippen molar-refractivity contribution in [1.82, 2.24) is 24.2 Å². The zero-order valence-electron chi connectivity index (χ0n) is 15.3. The standard InChI is InChI=1S/C20H21N5O2/c1-15(16-7-9-17(10-8-16)25-14-21-13-22-25)23(2)11-12-24-18-5-3-4-6-19(18)27-20(24)26/h3-10,13-15H,11-12H2,1-2H3. The minimum atomic E-state index is -0.311. The van der Waals surface area contributed by atoms with E-state index in [1.165, 1.54) is 11.9 Å². The van der Waals surface area contributed by atoms with Crippen LogP contribution < -0.4 is 5.76 Å². The number of nitrogens with zero attached hydrogens (tertiary/aromatic N) is 5. The van der Waals surface area contributed by atoms with Crippen LogP contribution in [-0.2, 0) is 6.54 Å². The SMILES string of the molecule is CC(c1ccc(-n2cncn2)cc1)N(C)CCn1c(=O)oc2ccccc21. The van der Waals surface area contributed by atoms with Gasteiger partial charge in [-0.25, -0.2) is 14.5 Å². The molecule has 0 aliphatic rings. The van der Waals surface area contributed by atoms with Crippen molar-refractivity contribution < 1.29 is 4.42 Å². The average molecular weight is 363 g/mol. The summed E-state index contributed by atoms with van der Waals surface area (Å²) < 4.78 is 8.72.